The van der Waals surface area contributed by atoms with Crippen molar-refractivity contribution in [2.75, 3.05) is 26.2 Å². The number of ether oxygens (including phenoxy) is 1. The molecule has 0 N–H and O–H groups in total. The van der Waals surface area contributed by atoms with Crippen LogP contribution in [0.15, 0.2) is 72.8 Å². The van der Waals surface area contributed by atoms with Crippen LogP contribution in [0.4, 0.5) is 0 Å². The van der Waals surface area contributed by atoms with Crippen LogP contribution in [0.1, 0.15) is 54.0 Å². The molecule has 1 fully saturated rings. The van der Waals surface area contributed by atoms with E-state index < -0.39 is 0 Å². The van der Waals surface area contributed by atoms with Crippen LogP contribution in [0.5, 0.6) is 5.75 Å². The number of ketones is 1. The number of Topliss-reactive ketones (excluding diaryl/α,β-unsaturated/α-hetero) is 1. The first-order valence-electron chi connectivity index (χ1n) is 12.8. The Balaban J connectivity index is 1.59. The SMILES string of the molecule is CC(=O)/C(=C(/Cc1ccc(OCCN2CCCCC2)cc1)c1ccccc1C)c1ccccc1C. The number of rotatable bonds is 9. The topological polar surface area (TPSA) is 29.5 Å². The van der Waals surface area contributed by atoms with Crippen LogP contribution in [0, 0.1) is 13.8 Å². The summed E-state index contributed by atoms with van der Waals surface area (Å²) in [5.74, 6) is 0.994. The second-order valence-electron chi connectivity index (χ2n) is 9.61. The molecule has 0 amide bonds. The summed E-state index contributed by atoms with van der Waals surface area (Å²) in [7, 11) is 0. The number of likely N-dealkylation sites (tertiary alicyclic amines) is 1. The Morgan fingerprint density at radius 2 is 1.40 bits per heavy atom. The number of piperidine rings is 1. The van der Waals surface area contributed by atoms with Crippen molar-refractivity contribution < 1.29 is 9.53 Å². The van der Waals surface area contributed by atoms with E-state index in [0.717, 1.165) is 46.7 Å². The highest BCUT2D eigenvalue weighted by atomic mass is 16.5. The minimum absolute atomic E-state index is 0.0928. The second kappa shape index (κ2) is 12.0. The summed E-state index contributed by atoms with van der Waals surface area (Å²) in [6.07, 6.45) is 4.64. The third kappa shape index (κ3) is 6.49. The van der Waals surface area contributed by atoms with Crippen molar-refractivity contribution in [3.8, 4) is 5.75 Å². The van der Waals surface area contributed by atoms with Gasteiger partial charge in [-0.25, -0.2) is 0 Å². The molecule has 0 bridgehead atoms. The summed E-state index contributed by atoms with van der Waals surface area (Å²) in [6.45, 7) is 9.95. The lowest BCUT2D eigenvalue weighted by Crippen LogP contribution is -2.33. The van der Waals surface area contributed by atoms with E-state index in [1.807, 2.05) is 18.2 Å². The molecule has 35 heavy (non-hydrogen) atoms. The van der Waals surface area contributed by atoms with E-state index in [9.17, 15) is 4.79 Å². The summed E-state index contributed by atoms with van der Waals surface area (Å²) in [6, 6.07) is 24.9. The van der Waals surface area contributed by atoms with Gasteiger partial charge in [0.2, 0.25) is 0 Å². The first-order valence-corrected chi connectivity index (χ1v) is 12.8. The van der Waals surface area contributed by atoms with Gasteiger partial charge >= 0.3 is 0 Å². The van der Waals surface area contributed by atoms with Gasteiger partial charge in [-0.2, -0.15) is 0 Å². The first kappa shape index (κ1) is 24.9. The summed E-state index contributed by atoms with van der Waals surface area (Å²) in [4.78, 5) is 15.5. The van der Waals surface area contributed by atoms with E-state index >= 15 is 0 Å². The number of aryl methyl sites for hydroxylation is 2. The van der Waals surface area contributed by atoms with E-state index in [4.69, 9.17) is 4.74 Å². The fourth-order valence-corrected chi connectivity index (χ4v) is 5.03. The summed E-state index contributed by atoms with van der Waals surface area (Å²) in [5, 5.41) is 0. The fraction of sp³-hybridized carbons (Fsp3) is 0.344. The van der Waals surface area contributed by atoms with Gasteiger partial charge in [0.1, 0.15) is 12.4 Å². The molecule has 4 rings (SSSR count). The first-order chi connectivity index (χ1) is 17.0. The minimum Gasteiger partial charge on any atom is -0.492 e. The standard InChI is InChI=1S/C32H37NO2/c1-24-11-5-7-13-29(24)31(32(26(3)34)30-14-8-6-12-25(30)2)23-27-15-17-28(18-16-27)35-22-21-33-19-9-4-10-20-33/h5-8,11-18H,4,9-10,19-23H2,1-3H3/b32-31+. The van der Waals surface area contributed by atoms with Gasteiger partial charge in [-0.15, -0.1) is 0 Å². The van der Waals surface area contributed by atoms with Crippen LogP contribution < -0.4 is 4.74 Å². The molecular formula is C32H37NO2. The number of carbonyl (C=O) groups is 1. The molecule has 0 atom stereocenters. The van der Waals surface area contributed by atoms with Gasteiger partial charge in [0.05, 0.1) is 0 Å². The quantitative estimate of drug-likeness (QED) is 0.253. The van der Waals surface area contributed by atoms with Crippen LogP contribution in [0.3, 0.4) is 0 Å². The Morgan fingerprint density at radius 3 is 2.00 bits per heavy atom. The van der Waals surface area contributed by atoms with Gasteiger partial charge in [-0.3, -0.25) is 9.69 Å². The predicted molar refractivity (Wildman–Crippen MR) is 146 cm³/mol. The smallest absolute Gasteiger partial charge is 0.160 e. The van der Waals surface area contributed by atoms with E-state index in [-0.39, 0.29) is 5.78 Å². The number of hydrogen-bond acceptors (Lipinski definition) is 3. The number of hydrogen-bond donors (Lipinski definition) is 0. The zero-order chi connectivity index (χ0) is 24.6. The summed E-state index contributed by atoms with van der Waals surface area (Å²) < 4.78 is 6.04. The van der Waals surface area contributed by atoms with E-state index in [1.165, 1.54) is 43.5 Å². The van der Waals surface area contributed by atoms with Crippen molar-refractivity contribution >= 4 is 16.9 Å². The van der Waals surface area contributed by atoms with Crippen molar-refractivity contribution in [2.24, 2.45) is 0 Å². The van der Waals surface area contributed by atoms with Crippen molar-refractivity contribution in [1.82, 2.24) is 4.90 Å². The highest BCUT2D eigenvalue weighted by molar-refractivity contribution is 6.27. The second-order valence-corrected chi connectivity index (χ2v) is 9.61. The molecule has 3 aromatic rings. The van der Waals surface area contributed by atoms with Gasteiger partial charge in [0.25, 0.3) is 0 Å². The van der Waals surface area contributed by atoms with E-state index in [0.29, 0.717) is 6.42 Å². The lowest BCUT2D eigenvalue weighted by atomic mass is 9.85. The molecule has 3 nitrogen and oxygen atoms in total. The van der Waals surface area contributed by atoms with Gasteiger partial charge < -0.3 is 4.74 Å². The molecule has 3 heteroatoms. The normalized spacial score (nSPS) is 14.9. The number of allylic oxidation sites excluding steroid dienone is 2. The van der Waals surface area contributed by atoms with Crippen LogP contribution in [-0.2, 0) is 11.2 Å². The monoisotopic (exact) mass is 467 g/mol. The Kier molecular flexibility index (Phi) is 8.54. The van der Waals surface area contributed by atoms with Crippen molar-refractivity contribution in [3.05, 3.63) is 101 Å². The fourth-order valence-electron chi connectivity index (χ4n) is 5.03. The number of benzene rings is 3. The Bertz CT molecular complexity index is 1170. The maximum Gasteiger partial charge on any atom is 0.160 e. The van der Waals surface area contributed by atoms with Gasteiger partial charge in [-0.05, 0) is 98.6 Å². The molecule has 0 radical (unpaired) electrons. The molecule has 3 aromatic carbocycles. The third-order valence-corrected chi connectivity index (χ3v) is 6.97. The highest BCUT2D eigenvalue weighted by Gasteiger charge is 2.19. The van der Waals surface area contributed by atoms with Crippen molar-refractivity contribution in [3.63, 3.8) is 0 Å². The molecule has 1 aliphatic heterocycles. The molecule has 1 heterocycles. The molecule has 0 saturated carbocycles. The average Bonchev–Trinajstić information content (AvgIpc) is 2.87. The van der Waals surface area contributed by atoms with E-state index in [2.05, 4.69) is 73.3 Å². The lowest BCUT2D eigenvalue weighted by Gasteiger charge is -2.26. The zero-order valence-corrected chi connectivity index (χ0v) is 21.3. The maximum atomic E-state index is 13.0. The molecule has 1 aliphatic rings. The molecule has 0 aliphatic carbocycles. The molecule has 1 saturated heterocycles. The lowest BCUT2D eigenvalue weighted by molar-refractivity contribution is -0.111. The van der Waals surface area contributed by atoms with Gasteiger partial charge in [-0.1, -0.05) is 67.1 Å². The maximum absolute atomic E-state index is 13.0. The molecular weight excluding hydrogens is 430 g/mol. The average molecular weight is 468 g/mol. The van der Waals surface area contributed by atoms with Gasteiger partial charge in [0, 0.05) is 12.1 Å². The Labute approximate surface area is 210 Å². The predicted octanol–water partition coefficient (Wildman–Crippen LogP) is 6.91. The van der Waals surface area contributed by atoms with E-state index in [1.54, 1.807) is 6.92 Å². The van der Waals surface area contributed by atoms with Crippen LogP contribution >= 0.6 is 0 Å². The van der Waals surface area contributed by atoms with Gasteiger partial charge in [0.15, 0.2) is 5.78 Å². The Hall–Kier alpha value is -3.17. The van der Waals surface area contributed by atoms with Crippen LogP contribution in [0.25, 0.3) is 11.1 Å². The van der Waals surface area contributed by atoms with Crippen LogP contribution in [-0.4, -0.2) is 36.9 Å². The zero-order valence-electron chi connectivity index (χ0n) is 21.3. The summed E-state index contributed by atoms with van der Waals surface area (Å²) in [5.41, 5.74) is 7.47. The largest absolute Gasteiger partial charge is 0.492 e. The molecule has 0 unspecified atom stereocenters. The van der Waals surface area contributed by atoms with Crippen molar-refractivity contribution in [2.45, 2.75) is 46.5 Å². The summed E-state index contributed by atoms with van der Waals surface area (Å²) >= 11 is 0. The molecule has 182 valence electrons. The molecule has 0 aromatic heterocycles. The minimum atomic E-state index is 0.0928. The van der Waals surface area contributed by atoms with Crippen LogP contribution in [0.2, 0.25) is 0 Å². The third-order valence-electron chi connectivity index (χ3n) is 6.97. The number of nitrogens with zero attached hydrogens (tertiary/aromatic N) is 1. The highest BCUT2D eigenvalue weighted by Crippen LogP contribution is 2.33. The number of carbonyl (C=O) groups excluding carboxylic acids is 1. The Morgan fingerprint density at radius 1 is 0.800 bits per heavy atom. The molecule has 0 spiro atoms. The van der Waals surface area contributed by atoms with Crippen molar-refractivity contribution in [1.29, 1.82) is 0 Å².